The van der Waals surface area contributed by atoms with E-state index in [1.807, 2.05) is 83.1 Å². The molecule has 0 spiro atoms. The minimum Gasteiger partial charge on any atom is -0.225 e. The molecule has 2 aromatic heterocycles. The highest BCUT2D eigenvalue weighted by Gasteiger charge is 2.42. The standard InChI is InChI=1S/C28H40F4N4/c1-13(2)33-17(9)18(10)34(14(3)4)27(33)21-23(29)25(31)22(26(32)24(21)30)28-35(15(5)6)19(11)20(12)36(28)16(7)8/h13-16H,1-12H3/q+2. The molecule has 0 saturated carbocycles. The first-order valence-corrected chi connectivity index (χ1v) is 12.7. The second-order valence-corrected chi connectivity index (χ2v) is 10.8. The van der Waals surface area contributed by atoms with Crippen molar-refractivity contribution in [2.45, 2.75) is 107 Å². The van der Waals surface area contributed by atoms with Crippen molar-refractivity contribution in [1.82, 2.24) is 9.13 Å². The summed E-state index contributed by atoms with van der Waals surface area (Å²) in [4.78, 5) is 0. The predicted octanol–water partition coefficient (Wildman–Crippen LogP) is 7.31. The Hall–Kier alpha value is -2.64. The average molecular weight is 509 g/mol. The molecule has 4 nitrogen and oxygen atoms in total. The van der Waals surface area contributed by atoms with E-state index in [2.05, 4.69) is 0 Å². The van der Waals surface area contributed by atoms with Gasteiger partial charge in [-0.2, -0.15) is 0 Å². The summed E-state index contributed by atoms with van der Waals surface area (Å²) in [5, 5.41) is 0. The van der Waals surface area contributed by atoms with Gasteiger partial charge in [-0.1, -0.05) is 0 Å². The van der Waals surface area contributed by atoms with E-state index in [9.17, 15) is 0 Å². The Morgan fingerprint density at radius 3 is 0.944 bits per heavy atom. The van der Waals surface area contributed by atoms with Crippen molar-refractivity contribution in [2.75, 3.05) is 0 Å². The van der Waals surface area contributed by atoms with E-state index in [1.54, 1.807) is 18.3 Å². The fourth-order valence-electron chi connectivity index (χ4n) is 5.60. The van der Waals surface area contributed by atoms with Crippen LogP contribution in [0, 0.1) is 51.0 Å². The van der Waals surface area contributed by atoms with E-state index in [1.165, 1.54) is 0 Å². The van der Waals surface area contributed by atoms with Crippen molar-refractivity contribution in [2.24, 2.45) is 0 Å². The van der Waals surface area contributed by atoms with Crippen molar-refractivity contribution in [1.29, 1.82) is 0 Å². The molecule has 198 valence electrons. The van der Waals surface area contributed by atoms with E-state index in [0.717, 1.165) is 22.8 Å². The highest BCUT2D eigenvalue weighted by molar-refractivity contribution is 5.66. The summed E-state index contributed by atoms with van der Waals surface area (Å²) in [5.74, 6) is -5.31. The molecule has 36 heavy (non-hydrogen) atoms. The van der Waals surface area contributed by atoms with Crippen LogP contribution in [0.1, 0.15) is 102 Å². The third kappa shape index (κ3) is 3.97. The summed E-state index contributed by atoms with van der Waals surface area (Å²) in [6, 6.07) is -0.741. The molecule has 2 heterocycles. The summed E-state index contributed by atoms with van der Waals surface area (Å²) < 4.78 is 71.2. The molecule has 0 radical (unpaired) electrons. The zero-order valence-electron chi connectivity index (χ0n) is 23.6. The number of benzene rings is 1. The van der Waals surface area contributed by atoms with Gasteiger partial charge in [-0.3, -0.25) is 0 Å². The minimum atomic E-state index is -1.39. The van der Waals surface area contributed by atoms with Crippen molar-refractivity contribution in [3.63, 3.8) is 0 Å². The fraction of sp³-hybridized carbons (Fsp3) is 0.571. The largest absolute Gasteiger partial charge is 0.295 e. The molecular weight excluding hydrogens is 468 g/mol. The number of imidazole rings is 2. The zero-order chi connectivity index (χ0) is 27.5. The van der Waals surface area contributed by atoms with Crippen LogP contribution in [0.5, 0.6) is 0 Å². The average Bonchev–Trinajstić information content (AvgIpc) is 3.17. The van der Waals surface area contributed by atoms with Crippen LogP contribution in [0.2, 0.25) is 0 Å². The molecule has 1 aromatic carbocycles. The SMILES string of the molecule is Cc1c(C)[n+](C(C)C)c(-c2c(F)c(F)c(-c3n(C(C)C)c(C)c(C)[n+]3C(C)C)c(F)c2F)n1C(C)C. The van der Waals surface area contributed by atoms with Crippen LogP contribution in [0.4, 0.5) is 17.6 Å². The van der Waals surface area contributed by atoms with E-state index in [-0.39, 0.29) is 35.8 Å². The zero-order valence-corrected chi connectivity index (χ0v) is 23.6. The summed E-state index contributed by atoms with van der Waals surface area (Å²) >= 11 is 0. The van der Waals surface area contributed by atoms with E-state index < -0.39 is 34.4 Å². The van der Waals surface area contributed by atoms with E-state index in [0.29, 0.717) is 0 Å². The second-order valence-electron chi connectivity index (χ2n) is 10.8. The molecule has 0 atom stereocenters. The Bertz CT molecular complexity index is 1130. The van der Waals surface area contributed by atoms with Gasteiger partial charge in [-0.25, -0.2) is 35.8 Å². The summed E-state index contributed by atoms with van der Waals surface area (Å²) in [6.07, 6.45) is 0. The Morgan fingerprint density at radius 1 is 0.500 bits per heavy atom. The summed E-state index contributed by atoms with van der Waals surface area (Å²) in [6.45, 7) is 22.4. The monoisotopic (exact) mass is 508 g/mol. The van der Waals surface area contributed by atoms with Crippen LogP contribution in [-0.2, 0) is 0 Å². The van der Waals surface area contributed by atoms with Gasteiger partial charge >= 0.3 is 0 Å². The highest BCUT2D eigenvalue weighted by Crippen LogP contribution is 2.39. The third-order valence-corrected chi connectivity index (χ3v) is 7.18. The molecule has 0 amide bonds. The number of rotatable bonds is 6. The van der Waals surface area contributed by atoms with Crippen molar-refractivity contribution in [3.8, 4) is 22.8 Å². The van der Waals surface area contributed by atoms with Crippen molar-refractivity contribution < 1.29 is 26.7 Å². The second kappa shape index (κ2) is 9.67. The summed E-state index contributed by atoms with van der Waals surface area (Å²) in [5.41, 5.74) is 1.79. The number of halogens is 4. The Labute approximate surface area is 212 Å². The van der Waals surface area contributed by atoms with Crippen LogP contribution < -0.4 is 9.13 Å². The molecular formula is C28H40F4N4+2. The maximum atomic E-state index is 16.0. The van der Waals surface area contributed by atoms with Crippen molar-refractivity contribution >= 4 is 0 Å². The van der Waals surface area contributed by atoms with Crippen LogP contribution in [0.25, 0.3) is 22.8 Å². The first kappa shape index (κ1) is 27.9. The summed E-state index contributed by atoms with van der Waals surface area (Å²) in [7, 11) is 0. The molecule has 0 saturated heterocycles. The van der Waals surface area contributed by atoms with E-state index >= 15 is 17.6 Å². The van der Waals surface area contributed by atoms with Crippen LogP contribution in [0.15, 0.2) is 0 Å². The van der Waals surface area contributed by atoms with Crippen LogP contribution in [-0.4, -0.2) is 9.13 Å². The molecule has 0 aliphatic heterocycles. The van der Waals surface area contributed by atoms with Gasteiger partial charge < -0.3 is 0 Å². The molecule has 0 N–H and O–H groups in total. The minimum absolute atomic E-state index is 0.123. The smallest absolute Gasteiger partial charge is 0.225 e. The topological polar surface area (TPSA) is 17.6 Å². The van der Waals surface area contributed by atoms with Crippen LogP contribution >= 0.6 is 0 Å². The van der Waals surface area contributed by atoms with Gasteiger partial charge in [-0.05, 0) is 55.4 Å². The fourth-order valence-corrected chi connectivity index (χ4v) is 5.60. The molecule has 0 fully saturated rings. The van der Waals surface area contributed by atoms with Gasteiger partial charge in [0.05, 0.1) is 24.2 Å². The first-order chi connectivity index (χ1) is 16.6. The number of hydrogen-bond donors (Lipinski definition) is 0. The molecule has 8 heteroatoms. The lowest BCUT2D eigenvalue weighted by Crippen LogP contribution is -2.41. The molecule has 0 unspecified atom stereocenters. The number of nitrogens with zero attached hydrogens (tertiary/aromatic N) is 4. The van der Waals surface area contributed by atoms with Gasteiger partial charge in [0.1, 0.15) is 33.9 Å². The maximum absolute atomic E-state index is 16.0. The van der Waals surface area contributed by atoms with Crippen LogP contribution in [0.3, 0.4) is 0 Å². The maximum Gasteiger partial charge on any atom is 0.295 e. The normalized spacial score (nSPS) is 12.3. The predicted molar refractivity (Wildman–Crippen MR) is 134 cm³/mol. The highest BCUT2D eigenvalue weighted by atomic mass is 19.2. The molecule has 3 aromatic rings. The van der Waals surface area contributed by atoms with Gasteiger partial charge in [0.25, 0.3) is 11.6 Å². The van der Waals surface area contributed by atoms with Crippen molar-refractivity contribution in [3.05, 3.63) is 46.0 Å². The Kier molecular flexibility index (Phi) is 7.51. The molecule has 0 aliphatic rings. The van der Waals surface area contributed by atoms with Gasteiger partial charge in [-0.15, -0.1) is 0 Å². The lowest BCUT2D eigenvalue weighted by molar-refractivity contribution is -0.711. The lowest BCUT2D eigenvalue weighted by Gasteiger charge is -2.16. The third-order valence-electron chi connectivity index (χ3n) is 7.18. The Balaban J connectivity index is 2.56. The molecule has 3 rings (SSSR count). The quantitative estimate of drug-likeness (QED) is 0.189. The lowest BCUT2D eigenvalue weighted by atomic mass is 10.0. The van der Waals surface area contributed by atoms with E-state index in [4.69, 9.17) is 0 Å². The first-order valence-electron chi connectivity index (χ1n) is 12.7. The number of hydrogen-bond acceptors (Lipinski definition) is 0. The Morgan fingerprint density at radius 2 is 0.750 bits per heavy atom. The van der Waals surface area contributed by atoms with Gasteiger partial charge in [0.2, 0.25) is 0 Å². The van der Waals surface area contributed by atoms with Gasteiger partial charge in [0.15, 0.2) is 23.3 Å². The number of aromatic nitrogens is 4. The van der Waals surface area contributed by atoms with Gasteiger partial charge in [0, 0.05) is 27.7 Å². The molecule has 0 aliphatic carbocycles. The molecule has 0 bridgehead atoms.